The average molecular weight is 347 g/mol. The zero-order chi connectivity index (χ0) is 15.9. The fourth-order valence-corrected chi connectivity index (χ4v) is 2.78. The molecular formula is C19H23ClN2O2. The topological polar surface area (TPSA) is 50.4 Å². The molecule has 0 aromatic heterocycles. The first kappa shape index (κ1) is 18.3. The van der Waals surface area contributed by atoms with Crippen LogP contribution < -0.4 is 15.4 Å². The van der Waals surface area contributed by atoms with Crippen LogP contribution >= 0.6 is 12.4 Å². The molecule has 0 aliphatic carbocycles. The van der Waals surface area contributed by atoms with Gasteiger partial charge in [-0.1, -0.05) is 36.4 Å². The Labute approximate surface area is 149 Å². The molecule has 1 heterocycles. The summed E-state index contributed by atoms with van der Waals surface area (Å²) in [6, 6.07) is 17.5. The summed E-state index contributed by atoms with van der Waals surface area (Å²) in [7, 11) is 0. The predicted molar refractivity (Wildman–Crippen MR) is 97.6 cm³/mol. The minimum absolute atomic E-state index is 0. The lowest BCUT2D eigenvalue weighted by Crippen LogP contribution is -2.37. The van der Waals surface area contributed by atoms with E-state index in [9.17, 15) is 4.79 Å². The van der Waals surface area contributed by atoms with Crippen molar-refractivity contribution in [2.24, 2.45) is 5.92 Å². The standard InChI is InChI=1S/C19H22N2O2.ClH/c22-19(15-10-12-20-13-11-15)21-14-16-6-4-5-9-18(16)23-17-7-2-1-3-8-17;/h1-9,15,20H,10-14H2,(H,21,22);1H. The van der Waals surface area contributed by atoms with Crippen molar-refractivity contribution >= 4 is 18.3 Å². The zero-order valence-corrected chi connectivity index (χ0v) is 14.4. The third-order valence-corrected chi connectivity index (χ3v) is 4.11. The van der Waals surface area contributed by atoms with Gasteiger partial charge in [-0.2, -0.15) is 0 Å². The molecule has 128 valence electrons. The molecule has 1 saturated heterocycles. The maximum Gasteiger partial charge on any atom is 0.223 e. The highest BCUT2D eigenvalue weighted by atomic mass is 35.5. The van der Waals surface area contributed by atoms with Crippen molar-refractivity contribution in [3.05, 3.63) is 60.2 Å². The summed E-state index contributed by atoms with van der Waals surface area (Å²) in [6.45, 7) is 2.34. The smallest absolute Gasteiger partial charge is 0.223 e. The van der Waals surface area contributed by atoms with E-state index < -0.39 is 0 Å². The summed E-state index contributed by atoms with van der Waals surface area (Å²) < 4.78 is 5.93. The van der Waals surface area contributed by atoms with Crippen LogP contribution in [0.3, 0.4) is 0 Å². The van der Waals surface area contributed by atoms with E-state index in [1.807, 2.05) is 54.6 Å². The molecule has 0 spiro atoms. The van der Waals surface area contributed by atoms with Gasteiger partial charge in [0.1, 0.15) is 11.5 Å². The van der Waals surface area contributed by atoms with E-state index >= 15 is 0 Å². The summed E-state index contributed by atoms with van der Waals surface area (Å²) in [6.07, 6.45) is 1.82. The molecule has 0 unspecified atom stereocenters. The van der Waals surface area contributed by atoms with Crippen LogP contribution in [-0.2, 0) is 11.3 Å². The van der Waals surface area contributed by atoms with Gasteiger partial charge in [-0.15, -0.1) is 12.4 Å². The van der Waals surface area contributed by atoms with Gasteiger partial charge in [-0.25, -0.2) is 0 Å². The van der Waals surface area contributed by atoms with E-state index in [0.29, 0.717) is 6.54 Å². The SMILES string of the molecule is Cl.O=C(NCc1ccccc1Oc1ccccc1)C1CCNCC1. The number of amides is 1. The first-order chi connectivity index (χ1) is 11.3. The van der Waals surface area contributed by atoms with Crippen molar-refractivity contribution < 1.29 is 9.53 Å². The highest BCUT2D eigenvalue weighted by Gasteiger charge is 2.20. The maximum atomic E-state index is 12.3. The van der Waals surface area contributed by atoms with Gasteiger partial charge in [0.25, 0.3) is 0 Å². The quantitative estimate of drug-likeness (QED) is 0.871. The Hall–Kier alpha value is -2.04. The zero-order valence-electron chi connectivity index (χ0n) is 13.5. The Bertz CT molecular complexity index is 643. The van der Waals surface area contributed by atoms with E-state index in [2.05, 4.69) is 10.6 Å². The molecule has 2 N–H and O–H groups in total. The van der Waals surface area contributed by atoms with Gasteiger partial charge in [-0.05, 0) is 44.1 Å². The lowest BCUT2D eigenvalue weighted by atomic mass is 9.97. The van der Waals surface area contributed by atoms with E-state index in [4.69, 9.17) is 4.74 Å². The first-order valence-corrected chi connectivity index (χ1v) is 8.12. The van der Waals surface area contributed by atoms with Crippen LogP contribution in [-0.4, -0.2) is 19.0 Å². The van der Waals surface area contributed by atoms with Crippen LogP contribution in [0.5, 0.6) is 11.5 Å². The number of benzene rings is 2. The second kappa shape index (κ2) is 9.30. The van der Waals surface area contributed by atoms with Gasteiger partial charge >= 0.3 is 0 Å². The molecule has 3 rings (SSSR count). The number of carbonyl (C=O) groups excluding carboxylic acids is 1. The minimum atomic E-state index is 0. The Kier molecular flexibility index (Phi) is 7.09. The Morgan fingerprint density at radius 2 is 1.71 bits per heavy atom. The number of rotatable bonds is 5. The van der Waals surface area contributed by atoms with Gasteiger partial charge in [0.05, 0.1) is 0 Å². The van der Waals surface area contributed by atoms with E-state index in [0.717, 1.165) is 43.0 Å². The molecule has 1 amide bonds. The highest BCUT2D eigenvalue weighted by Crippen LogP contribution is 2.25. The van der Waals surface area contributed by atoms with Gasteiger partial charge < -0.3 is 15.4 Å². The summed E-state index contributed by atoms with van der Waals surface area (Å²) in [5, 5.41) is 6.33. The number of piperidine rings is 1. The first-order valence-electron chi connectivity index (χ1n) is 8.12. The molecule has 24 heavy (non-hydrogen) atoms. The number of nitrogens with one attached hydrogen (secondary N) is 2. The number of ether oxygens (including phenoxy) is 1. The van der Waals surface area contributed by atoms with Gasteiger partial charge in [0.2, 0.25) is 5.91 Å². The van der Waals surface area contributed by atoms with Crippen LogP contribution in [0.4, 0.5) is 0 Å². The third-order valence-electron chi connectivity index (χ3n) is 4.11. The van der Waals surface area contributed by atoms with Crippen LogP contribution in [0.2, 0.25) is 0 Å². The third kappa shape index (κ3) is 4.98. The molecule has 4 nitrogen and oxygen atoms in total. The van der Waals surface area contributed by atoms with Gasteiger partial charge in [0.15, 0.2) is 0 Å². The molecular weight excluding hydrogens is 324 g/mol. The summed E-state index contributed by atoms with van der Waals surface area (Å²) >= 11 is 0. The Morgan fingerprint density at radius 3 is 2.46 bits per heavy atom. The number of hydrogen-bond donors (Lipinski definition) is 2. The van der Waals surface area contributed by atoms with Crippen LogP contribution in [0.15, 0.2) is 54.6 Å². The Balaban J connectivity index is 0.00000208. The summed E-state index contributed by atoms with van der Waals surface area (Å²) in [4.78, 5) is 12.3. The number of hydrogen-bond acceptors (Lipinski definition) is 3. The number of halogens is 1. The van der Waals surface area contributed by atoms with E-state index in [1.54, 1.807) is 0 Å². The van der Waals surface area contributed by atoms with E-state index in [-0.39, 0.29) is 24.2 Å². The molecule has 1 fully saturated rings. The van der Waals surface area contributed by atoms with Crippen molar-refractivity contribution in [2.75, 3.05) is 13.1 Å². The maximum absolute atomic E-state index is 12.3. The second-order valence-electron chi connectivity index (χ2n) is 5.76. The molecule has 0 saturated carbocycles. The van der Waals surface area contributed by atoms with Crippen molar-refractivity contribution in [1.82, 2.24) is 10.6 Å². The molecule has 2 aromatic rings. The Morgan fingerprint density at radius 1 is 1.04 bits per heavy atom. The fourth-order valence-electron chi connectivity index (χ4n) is 2.78. The average Bonchev–Trinajstić information content (AvgIpc) is 2.62. The van der Waals surface area contributed by atoms with Crippen LogP contribution in [0.1, 0.15) is 18.4 Å². The molecule has 0 radical (unpaired) electrons. The molecule has 2 aromatic carbocycles. The predicted octanol–water partition coefficient (Wildman–Crippen LogP) is 3.52. The minimum Gasteiger partial charge on any atom is -0.457 e. The van der Waals surface area contributed by atoms with Crippen molar-refractivity contribution in [2.45, 2.75) is 19.4 Å². The second-order valence-corrected chi connectivity index (χ2v) is 5.76. The highest BCUT2D eigenvalue weighted by molar-refractivity contribution is 5.85. The lowest BCUT2D eigenvalue weighted by Gasteiger charge is -2.22. The van der Waals surface area contributed by atoms with Gasteiger partial charge in [0, 0.05) is 18.0 Å². The lowest BCUT2D eigenvalue weighted by molar-refractivity contribution is -0.125. The normalized spacial score (nSPS) is 14.5. The van der Waals surface area contributed by atoms with Crippen LogP contribution in [0.25, 0.3) is 0 Å². The molecule has 0 bridgehead atoms. The van der Waals surface area contributed by atoms with Crippen molar-refractivity contribution in [3.63, 3.8) is 0 Å². The summed E-state index contributed by atoms with van der Waals surface area (Å²) in [5.74, 6) is 1.84. The molecule has 1 aliphatic heterocycles. The van der Waals surface area contributed by atoms with E-state index in [1.165, 1.54) is 0 Å². The molecule has 5 heteroatoms. The number of para-hydroxylation sites is 2. The van der Waals surface area contributed by atoms with Gasteiger partial charge in [-0.3, -0.25) is 4.79 Å². The number of carbonyl (C=O) groups is 1. The van der Waals surface area contributed by atoms with Crippen LogP contribution in [0, 0.1) is 5.92 Å². The fraction of sp³-hybridized carbons (Fsp3) is 0.316. The largest absolute Gasteiger partial charge is 0.457 e. The monoisotopic (exact) mass is 346 g/mol. The van der Waals surface area contributed by atoms with Crippen molar-refractivity contribution in [3.8, 4) is 11.5 Å². The van der Waals surface area contributed by atoms with Crippen molar-refractivity contribution in [1.29, 1.82) is 0 Å². The molecule has 1 aliphatic rings. The summed E-state index contributed by atoms with van der Waals surface area (Å²) in [5.41, 5.74) is 0.985. The molecule has 0 atom stereocenters.